The molecule has 1 aromatic carbocycles. The maximum absolute atomic E-state index is 5.80. The zero-order valence-electron chi connectivity index (χ0n) is 10.3. The van der Waals surface area contributed by atoms with Crippen LogP contribution in [0.25, 0.3) is 16.7 Å². The Labute approximate surface area is 104 Å². The molecule has 0 aliphatic heterocycles. The Morgan fingerprint density at radius 2 is 1.94 bits per heavy atom. The highest BCUT2D eigenvalue weighted by atomic mass is 15.3. The molecule has 2 N–H and O–H groups in total. The third-order valence-corrected chi connectivity index (χ3v) is 3.13. The van der Waals surface area contributed by atoms with Crippen LogP contribution in [-0.4, -0.2) is 19.7 Å². The highest BCUT2D eigenvalue weighted by Crippen LogP contribution is 2.20. The fraction of sp³-hybridized carbons (Fsp3) is 0.154. The molecule has 5 heteroatoms. The van der Waals surface area contributed by atoms with E-state index in [0.717, 1.165) is 16.7 Å². The minimum atomic E-state index is 0.454. The van der Waals surface area contributed by atoms with Crippen LogP contribution in [0, 0.1) is 13.8 Å². The smallest absolute Gasteiger partial charge is 0.168 e. The van der Waals surface area contributed by atoms with Crippen LogP contribution in [0.3, 0.4) is 0 Å². The maximum Gasteiger partial charge on any atom is 0.168 e. The van der Waals surface area contributed by atoms with Crippen molar-refractivity contribution in [3.63, 3.8) is 0 Å². The molecule has 0 unspecified atom stereocenters. The first-order chi connectivity index (χ1) is 8.66. The van der Waals surface area contributed by atoms with Crippen LogP contribution in [-0.2, 0) is 0 Å². The van der Waals surface area contributed by atoms with Gasteiger partial charge in [-0.25, -0.2) is 14.6 Å². The van der Waals surface area contributed by atoms with Crippen molar-refractivity contribution in [2.75, 3.05) is 5.73 Å². The number of benzene rings is 1. The summed E-state index contributed by atoms with van der Waals surface area (Å²) >= 11 is 0. The van der Waals surface area contributed by atoms with Crippen molar-refractivity contribution in [1.29, 1.82) is 0 Å². The van der Waals surface area contributed by atoms with E-state index < -0.39 is 0 Å². The second-order valence-electron chi connectivity index (χ2n) is 4.32. The van der Waals surface area contributed by atoms with Gasteiger partial charge in [0.2, 0.25) is 0 Å². The number of anilines is 1. The van der Waals surface area contributed by atoms with Gasteiger partial charge in [-0.1, -0.05) is 6.07 Å². The van der Waals surface area contributed by atoms with Gasteiger partial charge >= 0.3 is 0 Å². The summed E-state index contributed by atoms with van der Waals surface area (Å²) in [7, 11) is 0. The summed E-state index contributed by atoms with van der Waals surface area (Å²) in [6.07, 6.45) is 3.15. The SMILES string of the molecule is Cc1ccc(-n2ncc3c(N)ncnc32)cc1C. The number of hydrogen-bond donors (Lipinski definition) is 1. The number of nitrogens with zero attached hydrogens (tertiary/aromatic N) is 4. The molecule has 90 valence electrons. The lowest BCUT2D eigenvalue weighted by molar-refractivity contribution is 0.893. The number of nitrogens with two attached hydrogens (primary N) is 1. The van der Waals surface area contributed by atoms with E-state index in [1.54, 1.807) is 10.9 Å². The number of fused-ring (bicyclic) bond motifs is 1. The van der Waals surface area contributed by atoms with Gasteiger partial charge in [-0.2, -0.15) is 5.10 Å². The third-order valence-electron chi connectivity index (χ3n) is 3.13. The summed E-state index contributed by atoms with van der Waals surface area (Å²) in [6, 6.07) is 6.18. The van der Waals surface area contributed by atoms with Gasteiger partial charge in [0.25, 0.3) is 0 Å². The molecule has 0 atom stereocenters. The van der Waals surface area contributed by atoms with Gasteiger partial charge in [0, 0.05) is 0 Å². The normalized spacial score (nSPS) is 11.0. The van der Waals surface area contributed by atoms with E-state index >= 15 is 0 Å². The van der Waals surface area contributed by atoms with Crippen LogP contribution >= 0.6 is 0 Å². The van der Waals surface area contributed by atoms with Crippen molar-refractivity contribution in [3.05, 3.63) is 41.9 Å². The van der Waals surface area contributed by atoms with E-state index in [1.807, 2.05) is 6.07 Å². The first-order valence-corrected chi connectivity index (χ1v) is 5.68. The van der Waals surface area contributed by atoms with E-state index in [-0.39, 0.29) is 0 Å². The molecule has 0 aliphatic carbocycles. The zero-order chi connectivity index (χ0) is 12.7. The van der Waals surface area contributed by atoms with Crippen LogP contribution in [0.15, 0.2) is 30.7 Å². The van der Waals surface area contributed by atoms with Crippen LogP contribution in [0.5, 0.6) is 0 Å². The van der Waals surface area contributed by atoms with Crippen LogP contribution in [0.4, 0.5) is 5.82 Å². The van der Waals surface area contributed by atoms with Gasteiger partial charge in [-0.05, 0) is 37.1 Å². The molecule has 0 aliphatic rings. The highest BCUT2D eigenvalue weighted by molar-refractivity contribution is 5.85. The van der Waals surface area contributed by atoms with Crippen molar-refractivity contribution >= 4 is 16.9 Å². The predicted molar refractivity (Wildman–Crippen MR) is 70.5 cm³/mol. The zero-order valence-corrected chi connectivity index (χ0v) is 10.3. The number of rotatable bonds is 1. The predicted octanol–water partition coefficient (Wildman–Crippen LogP) is 2.01. The van der Waals surface area contributed by atoms with Crippen LogP contribution in [0.2, 0.25) is 0 Å². The third kappa shape index (κ3) is 1.52. The molecular weight excluding hydrogens is 226 g/mol. The molecule has 3 rings (SSSR count). The molecule has 0 spiro atoms. The quantitative estimate of drug-likeness (QED) is 0.705. The molecule has 0 radical (unpaired) electrons. The van der Waals surface area contributed by atoms with Gasteiger partial charge in [0.15, 0.2) is 5.65 Å². The highest BCUT2D eigenvalue weighted by Gasteiger charge is 2.09. The average molecular weight is 239 g/mol. The minimum Gasteiger partial charge on any atom is -0.383 e. The van der Waals surface area contributed by atoms with Crippen molar-refractivity contribution in [2.24, 2.45) is 0 Å². The van der Waals surface area contributed by atoms with Crippen molar-refractivity contribution in [1.82, 2.24) is 19.7 Å². The standard InChI is InChI=1S/C13H13N5/c1-8-3-4-10(5-9(8)2)18-13-11(6-17-18)12(14)15-7-16-13/h3-7H,1-2H3,(H2,14,15,16). The van der Waals surface area contributed by atoms with Gasteiger partial charge in [-0.15, -0.1) is 0 Å². The Balaban J connectivity index is 2.25. The van der Waals surface area contributed by atoms with Gasteiger partial charge in [0.05, 0.1) is 17.3 Å². The molecular formula is C13H13N5. The van der Waals surface area contributed by atoms with E-state index in [1.165, 1.54) is 17.5 Å². The molecule has 0 saturated heterocycles. The Morgan fingerprint density at radius 3 is 2.72 bits per heavy atom. The molecule has 0 bridgehead atoms. The number of hydrogen-bond acceptors (Lipinski definition) is 4. The summed E-state index contributed by atoms with van der Waals surface area (Å²) in [6.45, 7) is 4.16. The Morgan fingerprint density at radius 1 is 1.11 bits per heavy atom. The summed E-state index contributed by atoms with van der Waals surface area (Å²) < 4.78 is 1.78. The average Bonchev–Trinajstić information content (AvgIpc) is 2.78. The van der Waals surface area contributed by atoms with Gasteiger partial charge in [0.1, 0.15) is 12.1 Å². The second kappa shape index (κ2) is 3.80. The lowest BCUT2D eigenvalue weighted by atomic mass is 10.1. The Hall–Kier alpha value is -2.43. The molecule has 18 heavy (non-hydrogen) atoms. The van der Waals surface area contributed by atoms with Crippen molar-refractivity contribution < 1.29 is 0 Å². The number of nitrogen functional groups attached to an aromatic ring is 1. The summed E-state index contributed by atoms with van der Waals surface area (Å²) in [5.41, 5.74) is 9.98. The maximum atomic E-state index is 5.80. The molecule has 0 fully saturated rings. The lowest BCUT2D eigenvalue weighted by Gasteiger charge is -2.06. The molecule has 0 saturated carbocycles. The van der Waals surface area contributed by atoms with Gasteiger partial charge in [-0.3, -0.25) is 0 Å². The van der Waals surface area contributed by atoms with Crippen LogP contribution in [0.1, 0.15) is 11.1 Å². The number of aryl methyl sites for hydroxylation is 2. The second-order valence-corrected chi connectivity index (χ2v) is 4.32. The monoisotopic (exact) mass is 239 g/mol. The number of aromatic nitrogens is 4. The van der Waals surface area contributed by atoms with Crippen molar-refractivity contribution in [2.45, 2.75) is 13.8 Å². The fourth-order valence-corrected chi connectivity index (χ4v) is 1.91. The van der Waals surface area contributed by atoms with Crippen LogP contribution < -0.4 is 5.73 Å². The molecule has 5 nitrogen and oxygen atoms in total. The lowest BCUT2D eigenvalue weighted by Crippen LogP contribution is -1.99. The first-order valence-electron chi connectivity index (χ1n) is 5.68. The van der Waals surface area contributed by atoms with Crippen molar-refractivity contribution in [3.8, 4) is 5.69 Å². The molecule has 3 aromatic rings. The van der Waals surface area contributed by atoms with Gasteiger partial charge < -0.3 is 5.73 Å². The summed E-state index contributed by atoms with van der Waals surface area (Å²) in [5.74, 6) is 0.454. The molecule has 2 heterocycles. The summed E-state index contributed by atoms with van der Waals surface area (Å²) in [5, 5.41) is 5.11. The topological polar surface area (TPSA) is 69.6 Å². The van der Waals surface area contributed by atoms with E-state index in [0.29, 0.717) is 5.82 Å². The minimum absolute atomic E-state index is 0.454. The first kappa shape index (κ1) is 10.7. The van der Waals surface area contributed by atoms with E-state index in [2.05, 4.69) is 41.0 Å². The van der Waals surface area contributed by atoms with E-state index in [4.69, 9.17) is 5.73 Å². The fourth-order valence-electron chi connectivity index (χ4n) is 1.91. The largest absolute Gasteiger partial charge is 0.383 e. The molecule has 2 aromatic heterocycles. The summed E-state index contributed by atoms with van der Waals surface area (Å²) in [4.78, 5) is 8.20. The Bertz CT molecular complexity index is 729. The Kier molecular flexibility index (Phi) is 2.26. The van der Waals surface area contributed by atoms with E-state index in [9.17, 15) is 0 Å². The molecule has 0 amide bonds.